The smallest absolute Gasteiger partial charge is 0.221 e. The minimum absolute atomic E-state index is 0.0514. The molecule has 0 spiro atoms. The van der Waals surface area contributed by atoms with Gasteiger partial charge in [0.05, 0.1) is 6.61 Å². The Bertz CT molecular complexity index is 380. The number of carbonyl (C=O) groups excluding carboxylic acids is 1. The molecule has 0 fully saturated rings. The van der Waals surface area contributed by atoms with Crippen LogP contribution in [0.15, 0.2) is 24.3 Å². The highest BCUT2D eigenvalue weighted by Crippen LogP contribution is 2.19. The second-order valence-corrected chi connectivity index (χ2v) is 4.01. The Balaban J connectivity index is 2.69. The van der Waals surface area contributed by atoms with Crippen LogP contribution >= 0.6 is 0 Å². The zero-order valence-electron chi connectivity index (χ0n) is 11.4. The van der Waals surface area contributed by atoms with Crippen molar-refractivity contribution in [3.8, 4) is 0 Å². The van der Waals surface area contributed by atoms with Crippen LogP contribution in [-0.4, -0.2) is 32.2 Å². The molecule has 0 aliphatic rings. The van der Waals surface area contributed by atoms with Crippen LogP contribution < -0.4 is 10.2 Å². The topological polar surface area (TPSA) is 41.6 Å². The third-order valence-corrected chi connectivity index (χ3v) is 2.62. The van der Waals surface area contributed by atoms with E-state index in [4.69, 9.17) is 4.74 Å². The van der Waals surface area contributed by atoms with Crippen molar-refractivity contribution >= 4 is 17.3 Å². The van der Waals surface area contributed by atoms with Gasteiger partial charge in [-0.2, -0.15) is 0 Å². The maximum Gasteiger partial charge on any atom is 0.221 e. The summed E-state index contributed by atoms with van der Waals surface area (Å²) in [5, 5.41) is 2.79. The number of hydrogen-bond acceptors (Lipinski definition) is 3. The van der Waals surface area contributed by atoms with E-state index in [1.165, 1.54) is 6.92 Å². The minimum Gasteiger partial charge on any atom is -0.380 e. The van der Waals surface area contributed by atoms with E-state index >= 15 is 0 Å². The lowest BCUT2D eigenvalue weighted by molar-refractivity contribution is -0.114. The number of amides is 1. The van der Waals surface area contributed by atoms with Crippen molar-refractivity contribution in [2.75, 3.05) is 36.5 Å². The van der Waals surface area contributed by atoms with Gasteiger partial charge < -0.3 is 15.0 Å². The van der Waals surface area contributed by atoms with Crippen molar-refractivity contribution in [2.45, 2.75) is 20.8 Å². The predicted octanol–water partition coefficient (Wildman–Crippen LogP) is 2.51. The Labute approximate surface area is 109 Å². The van der Waals surface area contributed by atoms with Crippen molar-refractivity contribution in [2.24, 2.45) is 0 Å². The van der Waals surface area contributed by atoms with Gasteiger partial charge in [0.2, 0.25) is 5.91 Å². The lowest BCUT2D eigenvalue weighted by Crippen LogP contribution is -2.27. The van der Waals surface area contributed by atoms with E-state index in [1.54, 1.807) is 0 Å². The van der Waals surface area contributed by atoms with Crippen LogP contribution in [0.4, 0.5) is 11.4 Å². The summed E-state index contributed by atoms with van der Waals surface area (Å²) in [6.07, 6.45) is 0. The van der Waals surface area contributed by atoms with Crippen LogP contribution in [0, 0.1) is 0 Å². The van der Waals surface area contributed by atoms with E-state index in [-0.39, 0.29) is 5.91 Å². The molecule has 0 heterocycles. The normalized spacial score (nSPS) is 10.2. The van der Waals surface area contributed by atoms with Gasteiger partial charge >= 0.3 is 0 Å². The first kappa shape index (κ1) is 14.5. The highest BCUT2D eigenvalue weighted by molar-refractivity contribution is 5.89. The molecule has 4 nitrogen and oxygen atoms in total. The fourth-order valence-electron chi connectivity index (χ4n) is 1.77. The van der Waals surface area contributed by atoms with Crippen LogP contribution in [0.1, 0.15) is 20.8 Å². The Morgan fingerprint density at radius 2 is 2.17 bits per heavy atom. The quantitative estimate of drug-likeness (QED) is 0.756. The van der Waals surface area contributed by atoms with E-state index < -0.39 is 0 Å². The molecule has 1 aromatic carbocycles. The molecule has 0 saturated carbocycles. The molecule has 4 heteroatoms. The number of likely N-dealkylation sites (N-methyl/N-ethyl adjacent to an activating group) is 1. The molecule has 0 saturated heterocycles. The Morgan fingerprint density at radius 1 is 1.39 bits per heavy atom. The lowest BCUT2D eigenvalue weighted by atomic mass is 10.2. The SMILES string of the molecule is CCOCCN(CC)c1cccc(NC(C)=O)c1. The summed E-state index contributed by atoms with van der Waals surface area (Å²) >= 11 is 0. The average Bonchev–Trinajstić information content (AvgIpc) is 2.34. The Morgan fingerprint density at radius 3 is 2.78 bits per heavy atom. The van der Waals surface area contributed by atoms with Gasteiger partial charge in [-0.15, -0.1) is 0 Å². The number of rotatable bonds is 7. The van der Waals surface area contributed by atoms with Gasteiger partial charge in [0.1, 0.15) is 0 Å². The second kappa shape index (κ2) is 7.71. The molecule has 1 rings (SSSR count). The Hall–Kier alpha value is -1.55. The molecule has 0 aliphatic heterocycles. The van der Waals surface area contributed by atoms with Gasteiger partial charge in [-0.25, -0.2) is 0 Å². The van der Waals surface area contributed by atoms with Crippen molar-refractivity contribution in [1.29, 1.82) is 0 Å². The van der Waals surface area contributed by atoms with E-state index in [2.05, 4.69) is 17.1 Å². The summed E-state index contributed by atoms with van der Waals surface area (Å²) in [5.74, 6) is -0.0514. The molecular weight excluding hydrogens is 228 g/mol. The summed E-state index contributed by atoms with van der Waals surface area (Å²) < 4.78 is 5.37. The van der Waals surface area contributed by atoms with Gasteiger partial charge in [0.15, 0.2) is 0 Å². The molecule has 0 bridgehead atoms. The first-order chi connectivity index (χ1) is 8.67. The standard InChI is InChI=1S/C14H22N2O2/c1-4-16(9-10-18-5-2)14-8-6-7-13(11-14)15-12(3)17/h6-8,11H,4-5,9-10H2,1-3H3,(H,15,17). The third-order valence-electron chi connectivity index (χ3n) is 2.62. The van der Waals surface area contributed by atoms with Gasteiger partial charge in [-0.3, -0.25) is 4.79 Å². The molecule has 0 aliphatic carbocycles. The zero-order chi connectivity index (χ0) is 13.4. The van der Waals surface area contributed by atoms with Crippen molar-refractivity contribution in [3.05, 3.63) is 24.3 Å². The molecule has 0 radical (unpaired) electrons. The number of nitrogens with zero attached hydrogens (tertiary/aromatic N) is 1. The van der Waals surface area contributed by atoms with Crippen LogP contribution in [0.2, 0.25) is 0 Å². The minimum atomic E-state index is -0.0514. The first-order valence-electron chi connectivity index (χ1n) is 6.37. The number of nitrogens with one attached hydrogen (secondary N) is 1. The molecule has 1 aromatic rings. The first-order valence-corrected chi connectivity index (χ1v) is 6.37. The van der Waals surface area contributed by atoms with E-state index in [0.717, 1.165) is 31.1 Å². The lowest BCUT2D eigenvalue weighted by Gasteiger charge is -2.23. The number of hydrogen-bond donors (Lipinski definition) is 1. The van der Waals surface area contributed by atoms with E-state index in [0.29, 0.717) is 6.61 Å². The van der Waals surface area contributed by atoms with Gasteiger partial charge in [0.25, 0.3) is 0 Å². The summed E-state index contributed by atoms with van der Waals surface area (Å²) in [4.78, 5) is 13.3. The summed E-state index contributed by atoms with van der Waals surface area (Å²) in [6.45, 7) is 8.84. The second-order valence-electron chi connectivity index (χ2n) is 4.01. The molecule has 0 unspecified atom stereocenters. The highest BCUT2D eigenvalue weighted by Gasteiger charge is 2.05. The van der Waals surface area contributed by atoms with Crippen LogP contribution in [0.3, 0.4) is 0 Å². The molecule has 100 valence electrons. The predicted molar refractivity (Wildman–Crippen MR) is 75.1 cm³/mol. The fourth-order valence-corrected chi connectivity index (χ4v) is 1.77. The number of anilines is 2. The van der Waals surface area contributed by atoms with Gasteiger partial charge in [-0.05, 0) is 32.0 Å². The van der Waals surface area contributed by atoms with Crippen molar-refractivity contribution in [1.82, 2.24) is 0 Å². The highest BCUT2D eigenvalue weighted by atomic mass is 16.5. The number of ether oxygens (including phenoxy) is 1. The molecule has 0 atom stereocenters. The maximum absolute atomic E-state index is 11.0. The number of benzene rings is 1. The molecule has 1 N–H and O–H groups in total. The fraction of sp³-hybridized carbons (Fsp3) is 0.500. The Kier molecular flexibility index (Phi) is 6.22. The zero-order valence-corrected chi connectivity index (χ0v) is 11.4. The summed E-state index contributed by atoms with van der Waals surface area (Å²) in [7, 11) is 0. The number of carbonyl (C=O) groups is 1. The van der Waals surface area contributed by atoms with Gasteiger partial charge in [0, 0.05) is 38.0 Å². The van der Waals surface area contributed by atoms with E-state index in [1.807, 2.05) is 31.2 Å². The van der Waals surface area contributed by atoms with Crippen molar-refractivity contribution in [3.63, 3.8) is 0 Å². The third kappa shape index (κ3) is 4.75. The molecule has 1 amide bonds. The van der Waals surface area contributed by atoms with E-state index in [9.17, 15) is 4.79 Å². The monoisotopic (exact) mass is 250 g/mol. The average molecular weight is 250 g/mol. The summed E-state index contributed by atoms with van der Waals surface area (Å²) in [5.41, 5.74) is 1.93. The van der Waals surface area contributed by atoms with Crippen LogP contribution in [0.5, 0.6) is 0 Å². The van der Waals surface area contributed by atoms with Gasteiger partial charge in [-0.1, -0.05) is 6.07 Å². The maximum atomic E-state index is 11.0. The van der Waals surface area contributed by atoms with Crippen LogP contribution in [-0.2, 0) is 9.53 Å². The van der Waals surface area contributed by atoms with Crippen molar-refractivity contribution < 1.29 is 9.53 Å². The molecule has 0 aromatic heterocycles. The van der Waals surface area contributed by atoms with Crippen LogP contribution in [0.25, 0.3) is 0 Å². The molecule has 18 heavy (non-hydrogen) atoms. The molecular formula is C14H22N2O2. The summed E-state index contributed by atoms with van der Waals surface area (Å²) in [6, 6.07) is 7.86. The largest absolute Gasteiger partial charge is 0.380 e.